The third-order valence-electron chi connectivity index (χ3n) is 3.72. The molecule has 0 unspecified atom stereocenters. The molecular formula is C15H23IN6. The van der Waals surface area contributed by atoms with Gasteiger partial charge < -0.3 is 10.2 Å². The first-order valence-electron chi connectivity index (χ1n) is 7.70. The highest BCUT2D eigenvalue weighted by atomic mass is 127. The van der Waals surface area contributed by atoms with Crippen LogP contribution in [-0.4, -0.2) is 51.6 Å². The summed E-state index contributed by atoms with van der Waals surface area (Å²) in [5.41, 5.74) is 0.892. The number of fused-ring (bicyclic) bond motifs is 1. The molecule has 1 aliphatic rings. The first-order chi connectivity index (χ1) is 10.4. The average molecular weight is 414 g/mol. The largest absolute Gasteiger partial charge is 0.357 e. The summed E-state index contributed by atoms with van der Waals surface area (Å²) < 4.78 is 2.03. The van der Waals surface area contributed by atoms with E-state index < -0.39 is 0 Å². The van der Waals surface area contributed by atoms with Crippen molar-refractivity contribution in [2.45, 2.75) is 26.2 Å². The Kier molecular flexibility index (Phi) is 6.41. The molecule has 22 heavy (non-hydrogen) atoms. The number of rotatable bonds is 4. The lowest BCUT2D eigenvalue weighted by molar-refractivity contribution is 0.493. The van der Waals surface area contributed by atoms with E-state index in [4.69, 9.17) is 4.99 Å². The lowest BCUT2D eigenvalue weighted by Gasteiger charge is -2.20. The van der Waals surface area contributed by atoms with Crippen LogP contribution in [-0.2, 0) is 6.42 Å². The molecule has 3 heterocycles. The zero-order chi connectivity index (χ0) is 14.5. The topological polar surface area (TPSA) is 57.8 Å². The molecule has 0 atom stereocenters. The fourth-order valence-corrected chi connectivity index (χ4v) is 2.68. The van der Waals surface area contributed by atoms with Crippen molar-refractivity contribution in [2.75, 3.05) is 26.2 Å². The van der Waals surface area contributed by atoms with Crippen LogP contribution < -0.4 is 5.32 Å². The number of aromatic nitrogens is 3. The van der Waals surface area contributed by atoms with Gasteiger partial charge in [-0.2, -0.15) is 0 Å². The van der Waals surface area contributed by atoms with Gasteiger partial charge in [0.1, 0.15) is 5.82 Å². The molecule has 120 valence electrons. The normalized spacial score (nSPS) is 15.1. The Morgan fingerprint density at radius 2 is 2.09 bits per heavy atom. The van der Waals surface area contributed by atoms with Gasteiger partial charge in [-0.3, -0.25) is 9.39 Å². The third kappa shape index (κ3) is 3.88. The first kappa shape index (κ1) is 17.0. The highest BCUT2D eigenvalue weighted by Gasteiger charge is 2.15. The minimum absolute atomic E-state index is 0. The fraction of sp³-hybridized carbons (Fsp3) is 0.533. The van der Waals surface area contributed by atoms with E-state index in [-0.39, 0.29) is 24.0 Å². The maximum atomic E-state index is 4.73. The van der Waals surface area contributed by atoms with E-state index in [2.05, 4.69) is 27.3 Å². The zero-order valence-corrected chi connectivity index (χ0v) is 15.2. The van der Waals surface area contributed by atoms with Crippen molar-refractivity contribution >= 4 is 35.6 Å². The standard InChI is InChI=1S/C15H22N6.HI/c1-2-16-15(20-10-5-6-11-20)17-9-8-14-19-18-13-7-3-4-12-21(13)14;/h3-4,7,12H,2,5-6,8-11H2,1H3,(H,16,17);1H. The van der Waals surface area contributed by atoms with Gasteiger partial charge in [0.2, 0.25) is 0 Å². The molecule has 0 aliphatic carbocycles. The average Bonchev–Trinajstić information content (AvgIpc) is 3.16. The second kappa shape index (κ2) is 8.30. The van der Waals surface area contributed by atoms with Crippen LogP contribution in [0, 0.1) is 0 Å². The summed E-state index contributed by atoms with van der Waals surface area (Å²) in [6.07, 6.45) is 5.33. The van der Waals surface area contributed by atoms with Gasteiger partial charge in [-0.25, -0.2) is 0 Å². The molecule has 6 nitrogen and oxygen atoms in total. The van der Waals surface area contributed by atoms with Gasteiger partial charge in [-0.15, -0.1) is 34.2 Å². The fourth-order valence-electron chi connectivity index (χ4n) is 2.68. The molecule has 1 saturated heterocycles. The van der Waals surface area contributed by atoms with Gasteiger partial charge in [-0.1, -0.05) is 6.07 Å². The number of guanidine groups is 1. The molecule has 0 spiro atoms. The Hall–Kier alpha value is -1.38. The van der Waals surface area contributed by atoms with Gasteiger partial charge in [0.05, 0.1) is 0 Å². The number of nitrogens with one attached hydrogen (secondary N) is 1. The lowest BCUT2D eigenvalue weighted by Crippen LogP contribution is -2.39. The molecular weight excluding hydrogens is 391 g/mol. The Balaban J connectivity index is 0.00000176. The number of likely N-dealkylation sites (tertiary alicyclic amines) is 1. The van der Waals surface area contributed by atoms with E-state index in [0.717, 1.165) is 50.0 Å². The SMILES string of the molecule is CCNC(=NCCc1nnc2ccccn12)N1CCCC1.I. The van der Waals surface area contributed by atoms with Crippen molar-refractivity contribution in [3.05, 3.63) is 30.2 Å². The van der Waals surface area contributed by atoms with Gasteiger partial charge >= 0.3 is 0 Å². The summed E-state index contributed by atoms with van der Waals surface area (Å²) in [5.74, 6) is 2.00. The third-order valence-corrected chi connectivity index (χ3v) is 3.72. The molecule has 0 aromatic carbocycles. The Labute approximate surface area is 148 Å². The quantitative estimate of drug-likeness (QED) is 0.472. The van der Waals surface area contributed by atoms with Crippen molar-refractivity contribution in [1.82, 2.24) is 24.8 Å². The predicted molar refractivity (Wildman–Crippen MR) is 98.9 cm³/mol. The summed E-state index contributed by atoms with van der Waals surface area (Å²) in [5, 5.41) is 11.8. The summed E-state index contributed by atoms with van der Waals surface area (Å²) in [7, 11) is 0. The molecule has 1 aliphatic heterocycles. The van der Waals surface area contributed by atoms with Crippen LogP contribution in [0.2, 0.25) is 0 Å². The maximum absolute atomic E-state index is 4.73. The smallest absolute Gasteiger partial charge is 0.193 e. The highest BCUT2D eigenvalue weighted by molar-refractivity contribution is 14.0. The number of halogens is 1. The van der Waals surface area contributed by atoms with Gasteiger partial charge in [0, 0.05) is 38.8 Å². The van der Waals surface area contributed by atoms with Crippen LogP contribution in [0.1, 0.15) is 25.6 Å². The van der Waals surface area contributed by atoms with E-state index in [9.17, 15) is 0 Å². The molecule has 0 saturated carbocycles. The first-order valence-corrected chi connectivity index (χ1v) is 7.70. The van der Waals surface area contributed by atoms with Crippen molar-refractivity contribution in [3.8, 4) is 0 Å². The second-order valence-corrected chi connectivity index (χ2v) is 5.22. The van der Waals surface area contributed by atoms with Gasteiger partial charge in [0.25, 0.3) is 0 Å². The van der Waals surface area contributed by atoms with Crippen molar-refractivity contribution < 1.29 is 0 Å². The summed E-state index contributed by atoms with van der Waals surface area (Å²) >= 11 is 0. The Morgan fingerprint density at radius 3 is 2.86 bits per heavy atom. The summed E-state index contributed by atoms with van der Waals surface area (Å²) in [6, 6.07) is 5.94. The number of nitrogens with zero attached hydrogens (tertiary/aromatic N) is 5. The van der Waals surface area contributed by atoms with E-state index in [0.29, 0.717) is 0 Å². The Bertz CT molecular complexity index is 617. The highest BCUT2D eigenvalue weighted by Crippen LogP contribution is 2.08. The number of aliphatic imine (C=N–C) groups is 1. The van der Waals surface area contributed by atoms with Crippen LogP contribution in [0.4, 0.5) is 0 Å². The van der Waals surface area contributed by atoms with Crippen LogP contribution >= 0.6 is 24.0 Å². The monoisotopic (exact) mass is 414 g/mol. The number of pyridine rings is 1. The lowest BCUT2D eigenvalue weighted by atomic mass is 10.4. The van der Waals surface area contributed by atoms with Crippen molar-refractivity contribution in [3.63, 3.8) is 0 Å². The van der Waals surface area contributed by atoms with Crippen LogP contribution in [0.3, 0.4) is 0 Å². The van der Waals surface area contributed by atoms with E-state index in [1.165, 1.54) is 12.8 Å². The molecule has 0 bridgehead atoms. The van der Waals surface area contributed by atoms with Crippen LogP contribution in [0.5, 0.6) is 0 Å². The van der Waals surface area contributed by atoms with Crippen molar-refractivity contribution in [2.24, 2.45) is 4.99 Å². The molecule has 2 aromatic heterocycles. The number of hydrogen-bond acceptors (Lipinski definition) is 3. The molecule has 2 aromatic rings. The predicted octanol–water partition coefficient (Wildman–Crippen LogP) is 1.95. The molecule has 7 heteroatoms. The van der Waals surface area contributed by atoms with Crippen molar-refractivity contribution in [1.29, 1.82) is 0 Å². The van der Waals surface area contributed by atoms with Crippen LogP contribution in [0.25, 0.3) is 5.65 Å². The maximum Gasteiger partial charge on any atom is 0.193 e. The second-order valence-electron chi connectivity index (χ2n) is 5.22. The zero-order valence-electron chi connectivity index (χ0n) is 12.9. The summed E-state index contributed by atoms with van der Waals surface area (Å²) in [6.45, 7) is 5.97. The molecule has 0 radical (unpaired) electrons. The van der Waals surface area contributed by atoms with Gasteiger partial charge in [-0.05, 0) is 31.9 Å². The molecule has 3 rings (SSSR count). The minimum atomic E-state index is 0. The van der Waals surface area contributed by atoms with E-state index in [1.54, 1.807) is 0 Å². The van der Waals surface area contributed by atoms with E-state index in [1.807, 2.05) is 28.8 Å². The van der Waals surface area contributed by atoms with E-state index >= 15 is 0 Å². The van der Waals surface area contributed by atoms with Crippen LogP contribution in [0.15, 0.2) is 29.4 Å². The molecule has 0 amide bonds. The Morgan fingerprint density at radius 1 is 1.27 bits per heavy atom. The van der Waals surface area contributed by atoms with Gasteiger partial charge in [0.15, 0.2) is 11.6 Å². The number of hydrogen-bond donors (Lipinski definition) is 1. The molecule has 1 fully saturated rings. The molecule has 1 N–H and O–H groups in total. The minimum Gasteiger partial charge on any atom is -0.357 e. The summed E-state index contributed by atoms with van der Waals surface area (Å²) in [4.78, 5) is 7.07.